The highest BCUT2D eigenvalue weighted by atomic mass is 32.2. The fraction of sp³-hybridized carbons (Fsp3) is 0.143. The van der Waals surface area contributed by atoms with Crippen molar-refractivity contribution in [2.75, 3.05) is 6.61 Å². The number of benzene rings is 1. The van der Waals surface area contributed by atoms with Crippen LogP contribution in [-0.2, 0) is 19.8 Å². The van der Waals surface area contributed by atoms with E-state index in [0.717, 1.165) is 5.56 Å². The molecule has 0 saturated carbocycles. The van der Waals surface area contributed by atoms with Crippen molar-refractivity contribution in [2.45, 2.75) is 6.10 Å². The Kier molecular flexibility index (Phi) is 4.49. The molecule has 1 aromatic rings. The molecule has 1 aliphatic carbocycles. The van der Waals surface area contributed by atoms with Gasteiger partial charge in [-0.3, -0.25) is 0 Å². The van der Waals surface area contributed by atoms with Crippen LogP contribution in [0.5, 0.6) is 0 Å². The third kappa shape index (κ3) is 3.23. The van der Waals surface area contributed by atoms with Gasteiger partial charge in [-0.05, 0) is 5.56 Å². The van der Waals surface area contributed by atoms with Gasteiger partial charge in [-0.25, -0.2) is 4.79 Å². The van der Waals surface area contributed by atoms with E-state index in [-0.39, 0.29) is 4.86 Å². The largest absolute Gasteiger partial charge is 0.480 e. The van der Waals surface area contributed by atoms with E-state index in [2.05, 4.69) is 0 Å². The Labute approximate surface area is 117 Å². The number of aliphatic carboxylic acids is 1. The Morgan fingerprint density at radius 2 is 1.95 bits per heavy atom. The van der Waals surface area contributed by atoms with Gasteiger partial charge in [0.2, 0.25) is 10.3 Å². The molecule has 6 heteroatoms. The lowest BCUT2D eigenvalue weighted by Crippen LogP contribution is -2.28. The van der Waals surface area contributed by atoms with Gasteiger partial charge < -0.3 is 9.84 Å². The molecule has 0 aliphatic heterocycles. The predicted molar refractivity (Wildman–Crippen MR) is 74.9 cm³/mol. The summed E-state index contributed by atoms with van der Waals surface area (Å²) in [5, 5.41) is 8.62. The number of allylic oxidation sites excluding steroid dienone is 2. The zero-order chi connectivity index (χ0) is 14.5. The summed E-state index contributed by atoms with van der Waals surface area (Å²) < 4.78 is 28.0. The summed E-state index contributed by atoms with van der Waals surface area (Å²) in [5.41, 5.74) is 1.25. The molecule has 0 saturated heterocycles. The van der Waals surface area contributed by atoms with E-state index in [4.69, 9.17) is 9.84 Å². The summed E-state index contributed by atoms with van der Waals surface area (Å²) in [7, 11) is -2.50. The Bertz CT molecular complexity index is 690. The Morgan fingerprint density at radius 3 is 2.55 bits per heavy atom. The molecule has 0 aromatic heterocycles. The van der Waals surface area contributed by atoms with Crippen molar-refractivity contribution in [3.63, 3.8) is 0 Å². The van der Waals surface area contributed by atoms with Crippen LogP contribution in [0, 0.1) is 0 Å². The van der Waals surface area contributed by atoms with Gasteiger partial charge in [0.1, 0.15) is 17.6 Å². The van der Waals surface area contributed by atoms with Crippen molar-refractivity contribution in [3.8, 4) is 0 Å². The van der Waals surface area contributed by atoms with E-state index in [1.807, 2.05) is 6.07 Å². The lowest BCUT2D eigenvalue weighted by Gasteiger charge is -2.19. The van der Waals surface area contributed by atoms with Crippen molar-refractivity contribution < 1.29 is 23.1 Å². The highest BCUT2D eigenvalue weighted by Crippen LogP contribution is 2.22. The molecule has 20 heavy (non-hydrogen) atoms. The molecule has 0 bridgehead atoms. The van der Waals surface area contributed by atoms with Crippen LogP contribution in [0.1, 0.15) is 5.56 Å². The van der Waals surface area contributed by atoms with Crippen LogP contribution >= 0.6 is 0 Å². The van der Waals surface area contributed by atoms with Crippen LogP contribution in [-0.4, -0.2) is 37.1 Å². The molecule has 0 amide bonds. The zero-order valence-electron chi connectivity index (χ0n) is 10.4. The smallest absolute Gasteiger partial charge is 0.329 e. The van der Waals surface area contributed by atoms with Gasteiger partial charge in [0.25, 0.3) is 0 Å². The summed E-state index contributed by atoms with van der Waals surface area (Å²) in [5.74, 6) is -1.15. The average Bonchev–Trinajstić information content (AvgIpc) is 2.45. The molecule has 0 heterocycles. The second-order valence-corrected chi connectivity index (χ2v) is 4.96. The topological polar surface area (TPSA) is 80.7 Å². The van der Waals surface area contributed by atoms with E-state index >= 15 is 0 Å². The molecule has 1 atom stereocenters. The fourth-order valence-electron chi connectivity index (χ4n) is 1.91. The molecule has 1 N–H and O–H groups in total. The minimum atomic E-state index is -2.50. The van der Waals surface area contributed by atoms with Gasteiger partial charge in [0, 0.05) is 5.57 Å². The first-order chi connectivity index (χ1) is 9.59. The highest BCUT2D eigenvalue weighted by Gasteiger charge is 2.24. The predicted octanol–water partition coefficient (Wildman–Crippen LogP) is 1.16. The summed E-state index contributed by atoms with van der Waals surface area (Å²) >= 11 is 0. The minimum absolute atomic E-state index is 0.0416. The summed E-state index contributed by atoms with van der Waals surface area (Å²) in [6, 6.07) is 8.99. The normalized spacial score (nSPS) is 17.7. The van der Waals surface area contributed by atoms with Crippen LogP contribution in [0.2, 0.25) is 0 Å². The molecule has 1 unspecified atom stereocenters. The molecular formula is C14H12O5S. The van der Waals surface area contributed by atoms with Crippen molar-refractivity contribution in [1.82, 2.24) is 0 Å². The lowest BCUT2D eigenvalue weighted by atomic mass is 9.95. The van der Waals surface area contributed by atoms with Crippen LogP contribution in [0.15, 0.2) is 48.6 Å². The first-order valence-electron chi connectivity index (χ1n) is 5.83. The molecule has 5 nitrogen and oxygen atoms in total. The maximum Gasteiger partial charge on any atom is 0.329 e. The molecule has 104 valence electrons. The lowest BCUT2D eigenvalue weighted by molar-refractivity contribution is -0.142. The van der Waals surface area contributed by atoms with E-state index < -0.39 is 29.0 Å². The van der Waals surface area contributed by atoms with Gasteiger partial charge in [-0.2, -0.15) is 8.42 Å². The van der Waals surface area contributed by atoms with E-state index in [0.29, 0.717) is 5.57 Å². The highest BCUT2D eigenvalue weighted by molar-refractivity contribution is 7.74. The third-order valence-corrected chi connectivity index (χ3v) is 3.53. The van der Waals surface area contributed by atoms with E-state index in [1.54, 1.807) is 36.4 Å². The Morgan fingerprint density at radius 1 is 1.25 bits per heavy atom. The van der Waals surface area contributed by atoms with E-state index in [9.17, 15) is 13.2 Å². The third-order valence-electron chi connectivity index (χ3n) is 2.72. The number of rotatable bonds is 4. The van der Waals surface area contributed by atoms with Crippen molar-refractivity contribution in [1.29, 1.82) is 0 Å². The Balaban J connectivity index is 2.39. The first kappa shape index (κ1) is 14.2. The quantitative estimate of drug-likeness (QED) is 0.842. The number of hydrogen-bond acceptors (Lipinski definition) is 4. The van der Waals surface area contributed by atoms with Crippen LogP contribution in [0.4, 0.5) is 0 Å². The van der Waals surface area contributed by atoms with Crippen LogP contribution in [0.25, 0.3) is 5.57 Å². The maximum atomic E-state index is 11.5. The standard InChI is InChI=1S/C14H12O5S/c15-13(16)9-19-12-8-4-7-11(14(12)20(17)18)10-5-2-1-3-6-10/h1-8,12H,9H2,(H,15,16). The molecule has 0 spiro atoms. The number of carbonyl (C=O) groups is 1. The van der Waals surface area contributed by atoms with Gasteiger partial charge in [0.05, 0.1) is 0 Å². The number of ether oxygens (including phenoxy) is 1. The molecule has 1 aliphatic rings. The SMILES string of the molecule is O=C(O)COC1C=CC=C(c2ccccc2)C1=S(=O)=O. The summed E-state index contributed by atoms with van der Waals surface area (Å²) in [6.07, 6.45) is 3.96. The molecule has 0 radical (unpaired) electrons. The minimum Gasteiger partial charge on any atom is -0.480 e. The summed E-state index contributed by atoms with van der Waals surface area (Å²) in [6.45, 7) is -0.558. The summed E-state index contributed by atoms with van der Waals surface area (Å²) in [4.78, 5) is 10.6. The van der Waals surface area contributed by atoms with Gasteiger partial charge in [0.15, 0.2) is 0 Å². The average molecular weight is 292 g/mol. The Hall–Kier alpha value is -2.18. The second kappa shape index (κ2) is 6.31. The monoisotopic (exact) mass is 292 g/mol. The zero-order valence-corrected chi connectivity index (χ0v) is 11.2. The van der Waals surface area contributed by atoms with Crippen LogP contribution in [0.3, 0.4) is 0 Å². The van der Waals surface area contributed by atoms with E-state index in [1.165, 1.54) is 6.08 Å². The van der Waals surface area contributed by atoms with Gasteiger partial charge in [-0.1, -0.05) is 48.6 Å². The number of carboxylic acid groups (broad SMARTS) is 1. The number of carboxylic acids is 1. The molecular weight excluding hydrogens is 280 g/mol. The van der Waals surface area contributed by atoms with Crippen molar-refractivity contribution >= 4 is 26.7 Å². The van der Waals surface area contributed by atoms with Gasteiger partial charge >= 0.3 is 5.97 Å². The fourth-order valence-corrected chi connectivity index (χ4v) is 2.61. The van der Waals surface area contributed by atoms with Crippen molar-refractivity contribution in [2.24, 2.45) is 0 Å². The van der Waals surface area contributed by atoms with Crippen molar-refractivity contribution in [3.05, 3.63) is 54.1 Å². The molecule has 2 rings (SSSR count). The second-order valence-electron chi connectivity index (χ2n) is 4.06. The first-order valence-corrected chi connectivity index (χ1v) is 6.91. The number of hydrogen-bond donors (Lipinski definition) is 1. The van der Waals surface area contributed by atoms with Gasteiger partial charge in [-0.15, -0.1) is 0 Å². The molecule has 1 aromatic carbocycles. The maximum absolute atomic E-state index is 11.5. The van der Waals surface area contributed by atoms with Crippen LogP contribution < -0.4 is 0 Å². The molecule has 0 fully saturated rings.